The first-order valence-corrected chi connectivity index (χ1v) is 4.28. The molecule has 1 aromatic rings. The monoisotopic (exact) mass is 178 g/mol. The fourth-order valence-electron chi connectivity index (χ4n) is 1.71. The molecule has 0 radical (unpaired) electrons. The van der Waals surface area contributed by atoms with Crippen LogP contribution in [-0.4, -0.2) is 11.3 Å². The molecule has 68 valence electrons. The van der Waals surface area contributed by atoms with Gasteiger partial charge in [0.1, 0.15) is 5.75 Å². The van der Waals surface area contributed by atoms with Gasteiger partial charge in [0.05, 0.1) is 0 Å². The van der Waals surface area contributed by atoms with Gasteiger partial charge < -0.3 is 9.84 Å². The van der Waals surface area contributed by atoms with Gasteiger partial charge in [-0.2, -0.15) is 0 Å². The lowest BCUT2D eigenvalue weighted by molar-refractivity contribution is 0.144. The number of fused-ring (bicyclic) bond motifs is 1. The van der Waals surface area contributed by atoms with Crippen molar-refractivity contribution in [3.8, 4) is 5.75 Å². The van der Waals surface area contributed by atoms with E-state index in [1.807, 2.05) is 12.1 Å². The molecule has 0 bridgehead atoms. The Labute approximate surface area is 76.0 Å². The summed E-state index contributed by atoms with van der Waals surface area (Å²) in [7, 11) is 0. The number of benzene rings is 1. The van der Waals surface area contributed by atoms with Gasteiger partial charge in [0.25, 0.3) is 0 Å². The molecule has 1 aromatic carbocycles. The summed E-state index contributed by atoms with van der Waals surface area (Å²) in [6.07, 6.45) is 2.04. The molecule has 1 aliphatic carbocycles. The largest absolute Gasteiger partial charge is 0.511 e. The molecule has 0 atom stereocenters. The SMILES string of the molecule is O=C(O)Oc1ccc2c(c1)CCC2. The zero-order valence-corrected chi connectivity index (χ0v) is 7.12. The first-order chi connectivity index (χ1) is 6.25. The number of rotatable bonds is 1. The number of aryl methyl sites for hydroxylation is 2. The number of carboxylic acid groups (broad SMARTS) is 1. The maximum Gasteiger partial charge on any atom is 0.511 e. The van der Waals surface area contributed by atoms with Crippen LogP contribution in [0.3, 0.4) is 0 Å². The fraction of sp³-hybridized carbons (Fsp3) is 0.300. The van der Waals surface area contributed by atoms with E-state index in [4.69, 9.17) is 5.11 Å². The second-order valence-electron chi connectivity index (χ2n) is 3.15. The normalized spacial score (nSPS) is 13.8. The predicted octanol–water partition coefficient (Wildman–Crippen LogP) is 2.23. The highest BCUT2D eigenvalue weighted by atomic mass is 16.7. The van der Waals surface area contributed by atoms with Gasteiger partial charge in [0, 0.05) is 0 Å². The van der Waals surface area contributed by atoms with Crippen molar-refractivity contribution in [2.24, 2.45) is 0 Å². The summed E-state index contributed by atoms with van der Waals surface area (Å²) >= 11 is 0. The smallest absolute Gasteiger partial charge is 0.449 e. The van der Waals surface area contributed by atoms with Crippen LogP contribution in [0.4, 0.5) is 4.79 Å². The van der Waals surface area contributed by atoms with Gasteiger partial charge in [-0.25, -0.2) is 4.79 Å². The van der Waals surface area contributed by atoms with E-state index >= 15 is 0 Å². The molecule has 1 N–H and O–H groups in total. The van der Waals surface area contributed by atoms with E-state index < -0.39 is 6.16 Å². The Balaban J connectivity index is 2.25. The minimum Gasteiger partial charge on any atom is -0.449 e. The highest BCUT2D eigenvalue weighted by Crippen LogP contribution is 2.25. The Bertz CT molecular complexity index is 344. The van der Waals surface area contributed by atoms with Crippen molar-refractivity contribution in [1.29, 1.82) is 0 Å². The Morgan fingerprint density at radius 3 is 2.85 bits per heavy atom. The zero-order valence-electron chi connectivity index (χ0n) is 7.12. The van der Waals surface area contributed by atoms with E-state index in [0.717, 1.165) is 19.3 Å². The predicted molar refractivity (Wildman–Crippen MR) is 47.1 cm³/mol. The van der Waals surface area contributed by atoms with E-state index in [0.29, 0.717) is 5.75 Å². The van der Waals surface area contributed by atoms with Crippen molar-refractivity contribution < 1.29 is 14.6 Å². The van der Waals surface area contributed by atoms with Crippen molar-refractivity contribution in [1.82, 2.24) is 0 Å². The molecule has 1 aliphatic rings. The highest BCUT2D eigenvalue weighted by molar-refractivity contribution is 5.61. The maximum atomic E-state index is 10.2. The third kappa shape index (κ3) is 1.64. The molecule has 13 heavy (non-hydrogen) atoms. The average molecular weight is 178 g/mol. The van der Waals surface area contributed by atoms with E-state index in [2.05, 4.69) is 4.74 Å². The molecule has 0 heterocycles. The zero-order chi connectivity index (χ0) is 9.26. The summed E-state index contributed by atoms with van der Waals surface area (Å²) in [6.45, 7) is 0. The number of carbonyl (C=O) groups is 1. The lowest BCUT2D eigenvalue weighted by Gasteiger charge is -2.02. The summed E-state index contributed by atoms with van der Waals surface area (Å²) < 4.78 is 4.56. The van der Waals surface area contributed by atoms with Crippen LogP contribution in [0.25, 0.3) is 0 Å². The molecular weight excluding hydrogens is 168 g/mol. The van der Waals surface area contributed by atoms with Crippen molar-refractivity contribution in [3.05, 3.63) is 29.3 Å². The Morgan fingerprint density at radius 1 is 1.31 bits per heavy atom. The van der Waals surface area contributed by atoms with Crippen molar-refractivity contribution in [3.63, 3.8) is 0 Å². The molecule has 0 aliphatic heterocycles. The van der Waals surface area contributed by atoms with E-state index in [-0.39, 0.29) is 0 Å². The minimum absolute atomic E-state index is 0.424. The van der Waals surface area contributed by atoms with Crippen LogP contribution >= 0.6 is 0 Å². The molecule has 0 saturated heterocycles. The summed E-state index contributed by atoms with van der Waals surface area (Å²) in [5.74, 6) is 0.424. The van der Waals surface area contributed by atoms with Gasteiger partial charge in [-0.15, -0.1) is 0 Å². The topological polar surface area (TPSA) is 46.5 Å². The molecule has 0 unspecified atom stereocenters. The third-order valence-corrected chi connectivity index (χ3v) is 2.28. The summed E-state index contributed by atoms with van der Waals surface area (Å²) in [6, 6.07) is 5.47. The molecule has 2 rings (SSSR count). The second-order valence-corrected chi connectivity index (χ2v) is 3.15. The summed E-state index contributed by atoms with van der Waals surface area (Å²) in [4.78, 5) is 10.2. The molecule has 3 nitrogen and oxygen atoms in total. The maximum absolute atomic E-state index is 10.2. The molecule has 0 spiro atoms. The van der Waals surface area contributed by atoms with Gasteiger partial charge in [0.15, 0.2) is 0 Å². The van der Waals surface area contributed by atoms with Crippen molar-refractivity contribution in [2.75, 3.05) is 0 Å². The number of hydrogen-bond acceptors (Lipinski definition) is 2. The van der Waals surface area contributed by atoms with E-state index in [1.54, 1.807) is 6.07 Å². The van der Waals surface area contributed by atoms with Crippen LogP contribution in [0.2, 0.25) is 0 Å². The van der Waals surface area contributed by atoms with Crippen LogP contribution in [-0.2, 0) is 12.8 Å². The second kappa shape index (κ2) is 3.09. The van der Waals surface area contributed by atoms with Crippen molar-refractivity contribution >= 4 is 6.16 Å². The lowest BCUT2D eigenvalue weighted by atomic mass is 10.1. The van der Waals surface area contributed by atoms with E-state index in [9.17, 15) is 4.79 Å². The van der Waals surface area contributed by atoms with Crippen LogP contribution in [0, 0.1) is 0 Å². The summed E-state index contributed by atoms with van der Waals surface area (Å²) in [5.41, 5.74) is 2.54. The van der Waals surface area contributed by atoms with Gasteiger partial charge in [-0.3, -0.25) is 0 Å². The van der Waals surface area contributed by atoms with Gasteiger partial charge in [0.2, 0.25) is 0 Å². The standard InChI is InChI=1S/C10H10O3/c11-10(12)13-9-5-4-7-2-1-3-8(7)6-9/h4-6H,1-3H2,(H,11,12). The Hall–Kier alpha value is -1.51. The van der Waals surface area contributed by atoms with Gasteiger partial charge in [-0.1, -0.05) is 6.07 Å². The molecule has 0 fully saturated rings. The van der Waals surface area contributed by atoms with Crippen LogP contribution in [0.15, 0.2) is 18.2 Å². The first-order valence-electron chi connectivity index (χ1n) is 4.28. The molecule has 0 aromatic heterocycles. The van der Waals surface area contributed by atoms with Crippen LogP contribution in [0.1, 0.15) is 17.5 Å². The third-order valence-electron chi connectivity index (χ3n) is 2.28. The van der Waals surface area contributed by atoms with Crippen LogP contribution in [0.5, 0.6) is 5.75 Å². The molecule has 0 saturated carbocycles. The minimum atomic E-state index is -1.25. The molecular formula is C10H10O3. The number of hydrogen-bond donors (Lipinski definition) is 1. The number of ether oxygens (including phenoxy) is 1. The summed E-state index contributed by atoms with van der Waals surface area (Å²) in [5, 5.41) is 8.39. The van der Waals surface area contributed by atoms with Crippen LogP contribution < -0.4 is 4.74 Å². The highest BCUT2D eigenvalue weighted by Gasteiger charge is 2.11. The Kier molecular flexibility index (Phi) is 1.93. The average Bonchev–Trinajstić information content (AvgIpc) is 2.49. The first kappa shape index (κ1) is 8.10. The Morgan fingerprint density at radius 2 is 2.08 bits per heavy atom. The van der Waals surface area contributed by atoms with E-state index in [1.165, 1.54) is 11.1 Å². The molecule has 3 heteroatoms. The van der Waals surface area contributed by atoms with Crippen molar-refractivity contribution in [2.45, 2.75) is 19.3 Å². The fourth-order valence-corrected chi connectivity index (χ4v) is 1.71. The van der Waals surface area contributed by atoms with Gasteiger partial charge in [-0.05, 0) is 42.5 Å². The molecule has 0 amide bonds. The lowest BCUT2D eigenvalue weighted by Crippen LogP contribution is -2.03. The van der Waals surface area contributed by atoms with Gasteiger partial charge >= 0.3 is 6.16 Å². The quantitative estimate of drug-likeness (QED) is 0.529.